The molecule has 132 valence electrons. The molecule has 2 aromatic carbocycles. The van der Waals surface area contributed by atoms with Crippen molar-refractivity contribution in [1.29, 1.82) is 0 Å². The van der Waals surface area contributed by atoms with Gasteiger partial charge in [0, 0.05) is 11.4 Å². The van der Waals surface area contributed by atoms with Gasteiger partial charge in [0.1, 0.15) is 5.41 Å². The number of benzene rings is 2. The minimum absolute atomic E-state index is 0.0124. The lowest BCUT2D eigenvalue weighted by Crippen LogP contribution is -2.46. The number of aliphatic carboxylic acids is 1. The van der Waals surface area contributed by atoms with Gasteiger partial charge in [-0.05, 0) is 36.4 Å². The average molecular weight is 378 g/mol. The van der Waals surface area contributed by atoms with Crippen LogP contribution in [-0.2, 0) is 10.2 Å². The fraction of sp³-hybridized carbons (Fsp3) is 0.263. The van der Waals surface area contributed by atoms with Crippen molar-refractivity contribution >= 4 is 35.2 Å². The van der Waals surface area contributed by atoms with Gasteiger partial charge in [-0.2, -0.15) is 0 Å². The number of carboxylic acids is 1. The number of thioether (sulfide) groups is 1. The van der Waals surface area contributed by atoms with Gasteiger partial charge in [-0.15, -0.1) is 11.8 Å². The van der Waals surface area contributed by atoms with Crippen LogP contribution in [0.15, 0.2) is 53.4 Å². The van der Waals surface area contributed by atoms with Gasteiger partial charge < -0.3 is 10.4 Å². The van der Waals surface area contributed by atoms with Gasteiger partial charge in [0.2, 0.25) is 0 Å². The molecule has 0 aliphatic heterocycles. The monoisotopic (exact) mass is 377 g/mol. The Morgan fingerprint density at radius 3 is 2.44 bits per heavy atom. The number of amides is 1. The standard InChI is InChI=1S/C19H20ClNO3S/c1-3-19(18(23)24,13-7-5-4-6-8-13)12-21-17(22)15-11-14(25-2)9-10-16(15)20/h4-11H,3,12H2,1-2H3,(H,21,22)(H,23,24). The van der Waals surface area contributed by atoms with Crippen LogP contribution in [-0.4, -0.2) is 29.8 Å². The van der Waals surface area contributed by atoms with Crippen LogP contribution in [0.3, 0.4) is 0 Å². The van der Waals surface area contributed by atoms with E-state index in [-0.39, 0.29) is 12.5 Å². The molecule has 6 heteroatoms. The first-order valence-electron chi connectivity index (χ1n) is 7.85. The second-order valence-corrected chi connectivity index (χ2v) is 6.92. The third-order valence-electron chi connectivity index (χ3n) is 4.31. The molecule has 25 heavy (non-hydrogen) atoms. The van der Waals surface area contributed by atoms with Gasteiger partial charge in [0.25, 0.3) is 5.91 Å². The molecule has 0 aliphatic rings. The minimum atomic E-state index is -1.18. The van der Waals surface area contributed by atoms with Crippen molar-refractivity contribution in [3.63, 3.8) is 0 Å². The highest BCUT2D eigenvalue weighted by atomic mass is 35.5. The molecule has 1 amide bonds. The summed E-state index contributed by atoms with van der Waals surface area (Å²) in [6, 6.07) is 14.2. The zero-order chi connectivity index (χ0) is 18.4. The van der Waals surface area contributed by atoms with Gasteiger partial charge >= 0.3 is 5.97 Å². The van der Waals surface area contributed by atoms with E-state index in [0.29, 0.717) is 22.6 Å². The van der Waals surface area contributed by atoms with Crippen molar-refractivity contribution < 1.29 is 14.7 Å². The van der Waals surface area contributed by atoms with Crippen LogP contribution in [0.1, 0.15) is 29.3 Å². The summed E-state index contributed by atoms with van der Waals surface area (Å²) in [6.07, 6.45) is 2.26. The van der Waals surface area contributed by atoms with E-state index in [4.69, 9.17) is 11.6 Å². The number of carbonyl (C=O) groups excluding carboxylic acids is 1. The molecule has 0 saturated carbocycles. The Hall–Kier alpha value is -1.98. The second-order valence-electron chi connectivity index (χ2n) is 5.64. The first kappa shape index (κ1) is 19.3. The summed E-state index contributed by atoms with van der Waals surface area (Å²) < 4.78 is 0. The molecular formula is C19H20ClNO3S. The van der Waals surface area contributed by atoms with Crippen molar-refractivity contribution in [2.45, 2.75) is 23.7 Å². The normalized spacial score (nSPS) is 13.1. The predicted octanol–water partition coefficient (Wildman–Crippen LogP) is 4.22. The SMILES string of the molecule is CCC(CNC(=O)c1cc(SC)ccc1Cl)(C(=O)O)c1ccccc1. The summed E-state index contributed by atoms with van der Waals surface area (Å²) in [7, 11) is 0. The molecule has 1 atom stereocenters. The van der Waals surface area contributed by atoms with Crippen molar-refractivity contribution in [2.75, 3.05) is 12.8 Å². The molecule has 2 N–H and O–H groups in total. The minimum Gasteiger partial charge on any atom is -0.481 e. The largest absolute Gasteiger partial charge is 0.481 e. The topological polar surface area (TPSA) is 66.4 Å². The van der Waals surface area contributed by atoms with Crippen LogP contribution < -0.4 is 5.32 Å². The molecule has 0 radical (unpaired) electrons. The molecule has 0 aliphatic carbocycles. The van der Waals surface area contributed by atoms with E-state index in [1.165, 1.54) is 11.8 Å². The highest BCUT2D eigenvalue weighted by Crippen LogP contribution is 2.28. The maximum atomic E-state index is 12.6. The Kier molecular flexibility index (Phi) is 6.51. The third-order valence-corrected chi connectivity index (χ3v) is 5.36. The molecule has 4 nitrogen and oxygen atoms in total. The molecule has 0 fully saturated rings. The summed E-state index contributed by atoms with van der Waals surface area (Å²) in [6.45, 7) is 1.79. The molecule has 0 saturated heterocycles. The van der Waals surface area contributed by atoms with Crippen LogP contribution >= 0.6 is 23.4 Å². The summed E-state index contributed by atoms with van der Waals surface area (Å²) in [5, 5.41) is 12.9. The number of hydrogen-bond acceptors (Lipinski definition) is 3. The molecule has 1 unspecified atom stereocenters. The zero-order valence-electron chi connectivity index (χ0n) is 14.1. The lowest BCUT2D eigenvalue weighted by molar-refractivity contribution is -0.143. The molecule has 0 aromatic heterocycles. The quantitative estimate of drug-likeness (QED) is 0.709. The molecule has 0 bridgehead atoms. The highest BCUT2D eigenvalue weighted by Gasteiger charge is 2.39. The van der Waals surface area contributed by atoms with E-state index >= 15 is 0 Å². The lowest BCUT2D eigenvalue weighted by Gasteiger charge is -2.29. The maximum absolute atomic E-state index is 12.6. The van der Waals surface area contributed by atoms with E-state index in [9.17, 15) is 14.7 Å². The van der Waals surface area contributed by atoms with Gasteiger partial charge in [0.15, 0.2) is 0 Å². The number of halogens is 1. The molecule has 2 rings (SSSR count). The summed E-state index contributed by atoms with van der Waals surface area (Å²) >= 11 is 7.63. The van der Waals surface area contributed by atoms with Gasteiger partial charge in [-0.25, -0.2) is 0 Å². The molecule has 0 spiro atoms. The molecule has 2 aromatic rings. The van der Waals surface area contributed by atoms with Gasteiger partial charge in [-0.3, -0.25) is 9.59 Å². The number of hydrogen-bond donors (Lipinski definition) is 2. The Morgan fingerprint density at radius 1 is 1.20 bits per heavy atom. The second kappa shape index (κ2) is 8.41. The van der Waals surface area contributed by atoms with Crippen molar-refractivity contribution in [2.24, 2.45) is 0 Å². The summed E-state index contributed by atoms with van der Waals surface area (Å²) in [4.78, 5) is 25.5. The average Bonchev–Trinajstić information content (AvgIpc) is 2.63. The van der Waals surface area contributed by atoms with E-state index in [0.717, 1.165) is 4.90 Å². The Bertz CT molecular complexity index is 767. The van der Waals surface area contributed by atoms with Gasteiger partial charge in [-0.1, -0.05) is 48.9 Å². The van der Waals surface area contributed by atoms with Crippen molar-refractivity contribution in [3.8, 4) is 0 Å². The van der Waals surface area contributed by atoms with E-state index < -0.39 is 11.4 Å². The van der Waals surface area contributed by atoms with E-state index in [1.54, 1.807) is 43.3 Å². The Labute approximate surface area is 156 Å². The first-order valence-corrected chi connectivity index (χ1v) is 9.45. The number of nitrogens with one attached hydrogen (secondary N) is 1. The Balaban J connectivity index is 2.27. The fourth-order valence-electron chi connectivity index (χ4n) is 2.67. The van der Waals surface area contributed by atoms with Gasteiger partial charge in [0.05, 0.1) is 10.6 Å². The van der Waals surface area contributed by atoms with Crippen molar-refractivity contribution in [1.82, 2.24) is 5.32 Å². The van der Waals surface area contributed by atoms with Crippen LogP contribution in [0.5, 0.6) is 0 Å². The van der Waals surface area contributed by atoms with Crippen LogP contribution in [0.25, 0.3) is 0 Å². The van der Waals surface area contributed by atoms with Crippen molar-refractivity contribution in [3.05, 3.63) is 64.7 Å². The van der Waals surface area contributed by atoms with E-state index in [2.05, 4.69) is 5.32 Å². The number of rotatable bonds is 7. The molecule has 0 heterocycles. The smallest absolute Gasteiger partial charge is 0.315 e. The Morgan fingerprint density at radius 2 is 1.88 bits per heavy atom. The summed E-state index contributed by atoms with van der Waals surface area (Å²) in [5.41, 5.74) is -0.174. The highest BCUT2D eigenvalue weighted by molar-refractivity contribution is 7.98. The lowest BCUT2D eigenvalue weighted by atomic mass is 9.78. The van der Waals surface area contributed by atoms with Crippen LogP contribution in [0.2, 0.25) is 5.02 Å². The predicted molar refractivity (Wildman–Crippen MR) is 102 cm³/mol. The first-order chi connectivity index (χ1) is 11.9. The molecular weight excluding hydrogens is 358 g/mol. The van der Waals surface area contributed by atoms with Crippen LogP contribution in [0, 0.1) is 0 Å². The fourth-order valence-corrected chi connectivity index (χ4v) is 3.31. The summed E-state index contributed by atoms with van der Waals surface area (Å²) in [5.74, 6) is -1.35. The zero-order valence-corrected chi connectivity index (χ0v) is 15.7. The van der Waals surface area contributed by atoms with Crippen LogP contribution in [0.4, 0.5) is 0 Å². The number of carbonyl (C=O) groups is 2. The number of carboxylic acid groups (broad SMARTS) is 1. The third kappa shape index (κ3) is 4.17. The maximum Gasteiger partial charge on any atom is 0.315 e. The van der Waals surface area contributed by atoms with E-state index in [1.807, 2.05) is 18.4 Å².